The van der Waals surface area contributed by atoms with E-state index >= 15 is 0 Å². The molecule has 3 heteroatoms. The van der Waals surface area contributed by atoms with Gasteiger partial charge in [0.1, 0.15) is 0 Å². The first-order valence-electron chi connectivity index (χ1n) is 7.14. The summed E-state index contributed by atoms with van der Waals surface area (Å²) in [5.41, 5.74) is 6.33. The summed E-state index contributed by atoms with van der Waals surface area (Å²) in [7, 11) is 2.26. The molecule has 3 nitrogen and oxygen atoms in total. The maximum atomic E-state index is 6.09. The smallest absolute Gasteiger partial charge is 0.0355 e. The van der Waals surface area contributed by atoms with Crippen molar-refractivity contribution in [3.05, 3.63) is 0 Å². The number of nitrogens with zero attached hydrogens (tertiary/aromatic N) is 2. The number of hydrogen-bond acceptors (Lipinski definition) is 3. The maximum Gasteiger partial charge on any atom is 0.0355 e. The lowest BCUT2D eigenvalue weighted by Gasteiger charge is -2.50. The Balaban J connectivity index is 2.66. The first-order chi connectivity index (χ1) is 7.96. The van der Waals surface area contributed by atoms with E-state index in [2.05, 4.69) is 44.5 Å². The van der Waals surface area contributed by atoms with Gasteiger partial charge in [0, 0.05) is 37.3 Å². The van der Waals surface area contributed by atoms with Crippen molar-refractivity contribution in [3.8, 4) is 0 Å². The third kappa shape index (κ3) is 3.21. The molecule has 0 bridgehead atoms. The predicted molar refractivity (Wildman–Crippen MR) is 75.2 cm³/mol. The standard InChI is InChI=1S/C14H31N3/c1-6-13(4)16(5)14(11-15)7-9-17(10-8-14)12(2)3/h12-13H,6-11,15H2,1-5H3. The molecule has 0 aromatic heterocycles. The minimum atomic E-state index is 0.237. The van der Waals surface area contributed by atoms with Crippen LogP contribution in [0.3, 0.4) is 0 Å². The van der Waals surface area contributed by atoms with E-state index in [-0.39, 0.29) is 5.54 Å². The van der Waals surface area contributed by atoms with Crippen molar-refractivity contribution >= 4 is 0 Å². The molecule has 0 aromatic carbocycles. The quantitative estimate of drug-likeness (QED) is 0.798. The summed E-state index contributed by atoms with van der Waals surface area (Å²) in [6, 6.07) is 1.30. The molecule has 0 saturated carbocycles. The molecule has 1 aliphatic heterocycles. The van der Waals surface area contributed by atoms with Gasteiger partial charge in [-0.25, -0.2) is 0 Å². The maximum absolute atomic E-state index is 6.09. The van der Waals surface area contributed by atoms with E-state index in [1.165, 1.54) is 32.4 Å². The Hall–Kier alpha value is -0.120. The number of hydrogen-bond donors (Lipinski definition) is 1. The summed E-state index contributed by atoms with van der Waals surface area (Å²) in [4.78, 5) is 5.10. The van der Waals surface area contributed by atoms with Gasteiger partial charge in [0.15, 0.2) is 0 Å². The van der Waals surface area contributed by atoms with Crippen LogP contribution in [0, 0.1) is 0 Å². The van der Waals surface area contributed by atoms with Gasteiger partial charge in [0.25, 0.3) is 0 Å². The predicted octanol–water partition coefficient (Wildman–Crippen LogP) is 1.92. The van der Waals surface area contributed by atoms with Crippen molar-refractivity contribution in [3.63, 3.8) is 0 Å². The average molecular weight is 241 g/mol. The molecule has 0 aliphatic carbocycles. The van der Waals surface area contributed by atoms with Crippen molar-refractivity contribution in [2.45, 2.75) is 64.6 Å². The summed E-state index contributed by atoms with van der Waals surface area (Å²) in [6.07, 6.45) is 3.62. The van der Waals surface area contributed by atoms with E-state index in [1.54, 1.807) is 0 Å². The fourth-order valence-corrected chi connectivity index (χ4v) is 2.90. The normalized spacial score (nSPS) is 23.3. The molecule has 1 unspecified atom stereocenters. The monoisotopic (exact) mass is 241 g/mol. The van der Waals surface area contributed by atoms with Gasteiger partial charge in [-0.3, -0.25) is 4.90 Å². The highest BCUT2D eigenvalue weighted by Crippen LogP contribution is 2.30. The van der Waals surface area contributed by atoms with Crippen LogP contribution >= 0.6 is 0 Å². The van der Waals surface area contributed by atoms with Gasteiger partial charge in [0.05, 0.1) is 0 Å². The van der Waals surface area contributed by atoms with E-state index < -0.39 is 0 Å². The van der Waals surface area contributed by atoms with E-state index in [9.17, 15) is 0 Å². The molecular formula is C14H31N3. The van der Waals surface area contributed by atoms with Crippen LogP contribution in [0.1, 0.15) is 47.0 Å². The zero-order valence-electron chi connectivity index (χ0n) is 12.4. The summed E-state index contributed by atoms with van der Waals surface area (Å²) in [6.45, 7) is 12.3. The Labute approximate surface area is 107 Å². The van der Waals surface area contributed by atoms with Gasteiger partial charge in [-0.05, 0) is 47.1 Å². The first-order valence-corrected chi connectivity index (χ1v) is 7.14. The molecule has 0 aromatic rings. The molecule has 0 spiro atoms. The zero-order chi connectivity index (χ0) is 13.1. The van der Waals surface area contributed by atoms with Crippen LogP contribution < -0.4 is 5.73 Å². The summed E-state index contributed by atoms with van der Waals surface area (Å²) < 4.78 is 0. The van der Waals surface area contributed by atoms with Crippen molar-refractivity contribution in [2.24, 2.45) is 5.73 Å². The molecule has 17 heavy (non-hydrogen) atoms. The van der Waals surface area contributed by atoms with Crippen LogP contribution in [0.2, 0.25) is 0 Å². The second-order valence-electron chi connectivity index (χ2n) is 5.93. The van der Waals surface area contributed by atoms with Gasteiger partial charge in [-0.1, -0.05) is 6.92 Å². The van der Waals surface area contributed by atoms with Gasteiger partial charge in [0.2, 0.25) is 0 Å². The van der Waals surface area contributed by atoms with Crippen LogP contribution in [0.4, 0.5) is 0 Å². The van der Waals surface area contributed by atoms with Crippen LogP contribution in [0.25, 0.3) is 0 Å². The topological polar surface area (TPSA) is 32.5 Å². The lowest BCUT2D eigenvalue weighted by Crippen LogP contribution is -2.60. The molecule has 102 valence electrons. The largest absolute Gasteiger partial charge is 0.329 e. The van der Waals surface area contributed by atoms with E-state index in [1.807, 2.05) is 0 Å². The van der Waals surface area contributed by atoms with Crippen LogP contribution in [-0.2, 0) is 0 Å². The second-order valence-corrected chi connectivity index (χ2v) is 5.93. The molecule has 1 atom stereocenters. The van der Waals surface area contributed by atoms with Crippen molar-refractivity contribution in [2.75, 3.05) is 26.7 Å². The summed E-state index contributed by atoms with van der Waals surface area (Å²) >= 11 is 0. The van der Waals surface area contributed by atoms with Crippen LogP contribution in [0.5, 0.6) is 0 Å². The third-order valence-electron chi connectivity index (χ3n) is 4.84. The number of likely N-dealkylation sites (tertiary alicyclic amines) is 1. The van der Waals surface area contributed by atoms with Gasteiger partial charge < -0.3 is 10.6 Å². The van der Waals surface area contributed by atoms with Crippen molar-refractivity contribution in [1.82, 2.24) is 9.80 Å². The Morgan fingerprint density at radius 1 is 1.24 bits per heavy atom. The van der Waals surface area contributed by atoms with E-state index in [0.29, 0.717) is 12.1 Å². The lowest BCUT2D eigenvalue weighted by atomic mass is 9.84. The average Bonchev–Trinajstić information content (AvgIpc) is 2.36. The van der Waals surface area contributed by atoms with Gasteiger partial charge >= 0.3 is 0 Å². The van der Waals surface area contributed by atoms with E-state index in [0.717, 1.165) is 6.54 Å². The summed E-state index contributed by atoms with van der Waals surface area (Å²) in [5.74, 6) is 0. The second kappa shape index (κ2) is 6.17. The highest BCUT2D eigenvalue weighted by molar-refractivity contribution is 4.97. The lowest BCUT2D eigenvalue weighted by molar-refractivity contribution is 0.0120. The van der Waals surface area contributed by atoms with Crippen molar-refractivity contribution < 1.29 is 0 Å². The van der Waals surface area contributed by atoms with Crippen LogP contribution in [-0.4, -0.2) is 54.1 Å². The minimum Gasteiger partial charge on any atom is -0.329 e. The fraction of sp³-hybridized carbons (Fsp3) is 1.00. The van der Waals surface area contributed by atoms with Gasteiger partial charge in [-0.2, -0.15) is 0 Å². The Morgan fingerprint density at radius 2 is 1.76 bits per heavy atom. The third-order valence-corrected chi connectivity index (χ3v) is 4.84. The number of likely N-dealkylation sites (N-methyl/N-ethyl adjacent to an activating group) is 1. The Morgan fingerprint density at radius 3 is 2.12 bits per heavy atom. The molecular weight excluding hydrogens is 210 g/mol. The molecule has 1 aliphatic rings. The number of rotatable bonds is 5. The molecule has 1 saturated heterocycles. The summed E-state index contributed by atoms with van der Waals surface area (Å²) in [5, 5.41) is 0. The minimum absolute atomic E-state index is 0.237. The molecule has 1 heterocycles. The van der Waals surface area contributed by atoms with Gasteiger partial charge in [-0.15, -0.1) is 0 Å². The SMILES string of the molecule is CCC(C)N(C)C1(CN)CCN(C(C)C)CC1. The first kappa shape index (κ1) is 14.9. The highest BCUT2D eigenvalue weighted by Gasteiger charge is 2.38. The molecule has 0 amide bonds. The molecule has 0 radical (unpaired) electrons. The van der Waals surface area contributed by atoms with Crippen molar-refractivity contribution in [1.29, 1.82) is 0 Å². The van der Waals surface area contributed by atoms with E-state index in [4.69, 9.17) is 5.73 Å². The molecule has 2 N–H and O–H groups in total. The molecule has 1 rings (SSSR count). The zero-order valence-corrected chi connectivity index (χ0v) is 12.4. The fourth-order valence-electron chi connectivity index (χ4n) is 2.90. The Kier molecular flexibility index (Phi) is 5.42. The molecule has 1 fully saturated rings. The number of nitrogens with two attached hydrogens (primary N) is 1. The Bertz CT molecular complexity index is 220. The highest BCUT2D eigenvalue weighted by atomic mass is 15.2. The number of piperidine rings is 1. The van der Waals surface area contributed by atoms with Crippen LogP contribution in [0.15, 0.2) is 0 Å².